The van der Waals surface area contributed by atoms with Crippen molar-refractivity contribution >= 4 is 60.7 Å². The van der Waals surface area contributed by atoms with Gasteiger partial charge in [-0.05, 0) is 73.3 Å². The number of amides is 1. The minimum Gasteiger partial charge on any atom is -0.378 e. The number of ether oxygens (including phenoxy) is 1. The van der Waals surface area contributed by atoms with Crippen molar-refractivity contribution in [1.82, 2.24) is 4.90 Å². The van der Waals surface area contributed by atoms with Crippen LogP contribution in [0.4, 0.5) is 11.4 Å². The number of aryl methyl sites for hydroxylation is 1. The van der Waals surface area contributed by atoms with Crippen LogP contribution in [0.2, 0.25) is 5.02 Å². The van der Waals surface area contributed by atoms with Crippen LogP contribution in [0.25, 0.3) is 0 Å². The van der Waals surface area contributed by atoms with Gasteiger partial charge in [-0.2, -0.15) is 0 Å². The Morgan fingerprint density at radius 2 is 1.45 bits per heavy atom. The third-order valence-electron chi connectivity index (χ3n) is 5.85. The Morgan fingerprint density at radius 3 is 2.08 bits per heavy atom. The standard InChI is InChI=1S/C25H26ClN3O6S3/c1-17-3-4-19(15-23(17)26)28-37(31,32)20-7-5-18(6-8-20)27-38(33,34)21-9-10-24(36-2)22(16-21)25(30)29-11-13-35-14-12-29/h3-10,15-16,27-28H,11-14H2,1-2H3. The fraction of sp³-hybridized carbons (Fsp3) is 0.240. The molecule has 0 atom stereocenters. The number of carbonyl (C=O) groups is 1. The van der Waals surface area contributed by atoms with Crippen LogP contribution < -0.4 is 9.44 Å². The molecule has 1 saturated heterocycles. The van der Waals surface area contributed by atoms with Crippen molar-refractivity contribution in [2.45, 2.75) is 21.6 Å². The lowest BCUT2D eigenvalue weighted by Crippen LogP contribution is -2.40. The lowest BCUT2D eigenvalue weighted by Gasteiger charge is -2.27. The first-order valence-electron chi connectivity index (χ1n) is 11.5. The van der Waals surface area contributed by atoms with E-state index in [9.17, 15) is 21.6 Å². The highest BCUT2D eigenvalue weighted by molar-refractivity contribution is 7.98. The maximum absolute atomic E-state index is 13.1. The summed E-state index contributed by atoms with van der Waals surface area (Å²) < 4.78 is 62.0. The van der Waals surface area contributed by atoms with E-state index in [1.54, 1.807) is 30.0 Å². The van der Waals surface area contributed by atoms with Gasteiger partial charge in [0.2, 0.25) is 0 Å². The molecule has 1 fully saturated rings. The highest BCUT2D eigenvalue weighted by atomic mass is 35.5. The van der Waals surface area contributed by atoms with Gasteiger partial charge in [0.05, 0.1) is 34.3 Å². The summed E-state index contributed by atoms with van der Waals surface area (Å²) in [4.78, 5) is 15.3. The zero-order valence-electron chi connectivity index (χ0n) is 20.6. The second kappa shape index (κ2) is 11.5. The summed E-state index contributed by atoms with van der Waals surface area (Å²) >= 11 is 7.43. The molecule has 13 heteroatoms. The van der Waals surface area contributed by atoms with Crippen LogP contribution >= 0.6 is 23.4 Å². The van der Waals surface area contributed by atoms with Crippen molar-refractivity contribution in [2.24, 2.45) is 0 Å². The van der Waals surface area contributed by atoms with Gasteiger partial charge in [-0.3, -0.25) is 14.2 Å². The number of sulfonamides is 2. The third-order valence-corrected chi connectivity index (χ3v) is 9.83. The molecule has 4 rings (SSSR count). The topological polar surface area (TPSA) is 122 Å². The Kier molecular flexibility index (Phi) is 8.58. The van der Waals surface area contributed by atoms with Crippen molar-refractivity contribution in [3.63, 3.8) is 0 Å². The van der Waals surface area contributed by atoms with Crippen molar-refractivity contribution < 1.29 is 26.4 Å². The molecule has 0 spiro atoms. The number of hydrogen-bond donors (Lipinski definition) is 2. The number of rotatable bonds is 8. The summed E-state index contributed by atoms with van der Waals surface area (Å²) in [7, 11) is -7.99. The minimum atomic E-state index is -4.07. The maximum atomic E-state index is 13.1. The van der Waals surface area contributed by atoms with Crippen LogP contribution in [-0.4, -0.2) is 60.2 Å². The van der Waals surface area contributed by atoms with E-state index in [4.69, 9.17) is 16.3 Å². The van der Waals surface area contributed by atoms with E-state index in [0.29, 0.717) is 47.5 Å². The SMILES string of the molecule is CSc1ccc(S(=O)(=O)Nc2ccc(S(=O)(=O)Nc3ccc(C)c(Cl)c3)cc2)cc1C(=O)N1CCOCC1. The number of morpholine rings is 1. The molecule has 0 unspecified atom stereocenters. The molecule has 2 N–H and O–H groups in total. The molecular formula is C25H26ClN3O6S3. The summed E-state index contributed by atoms with van der Waals surface area (Å²) in [6.07, 6.45) is 1.82. The maximum Gasteiger partial charge on any atom is 0.261 e. The first-order valence-corrected chi connectivity index (χ1v) is 16.0. The van der Waals surface area contributed by atoms with E-state index >= 15 is 0 Å². The minimum absolute atomic E-state index is 0.0557. The fourth-order valence-corrected chi connectivity index (χ4v) is 6.63. The predicted octanol–water partition coefficient (Wildman–Crippen LogP) is 4.44. The molecule has 1 amide bonds. The highest BCUT2D eigenvalue weighted by Crippen LogP contribution is 2.27. The molecule has 9 nitrogen and oxygen atoms in total. The highest BCUT2D eigenvalue weighted by Gasteiger charge is 2.24. The molecule has 0 saturated carbocycles. The molecule has 0 aliphatic carbocycles. The first-order chi connectivity index (χ1) is 18.0. The van der Waals surface area contributed by atoms with E-state index in [-0.39, 0.29) is 21.4 Å². The lowest BCUT2D eigenvalue weighted by atomic mass is 10.2. The molecule has 1 heterocycles. The van der Waals surface area contributed by atoms with Crippen molar-refractivity contribution in [3.8, 4) is 0 Å². The van der Waals surface area contributed by atoms with Crippen LogP contribution in [0.5, 0.6) is 0 Å². The lowest BCUT2D eigenvalue weighted by molar-refractivity contribution is 0.0300. The van der Waals surface area contributed by atoms with Crippen LogP contribution in [0, 0.1) is 6.92 Å². The Morgan fingerprint density at radius 1 is 0.868 bits per heavy atom. The molecule has 38 heavy (non-hydrogen) atoms. The molecule has 1 aliphatic rings. The van der Waals surface area contributed by atoms with Gasteiger partial charge in [0.25, 0.3) is 26.0 Å². The molecule has 0 bridgehead atoms. The van der Waals surface area contributed by atoms with Gasteiger partial charge < -0.3 is 9.64 Å². The second-order valence-corrected chi connectivity index (χ2v) is 13.1. The molecule has 1 aliphatic heterocycles. The smallest absolute Gasteiger partial charge is 0.261 e. The number of hydrogen-bond acceptors (Lipinski definition) is 7. The van der Waals surface area contributed by atoms with Crippen molar-refractivity contribution in [1.29, 1.82) is 0 Å². The van der Waals surface area contributed by atoms with Gasteiger partial charge >= 0.3 is 0 Å². The van der Waals surface area contributed by atoms with Gasteiger partial charge in [-0.25, -0.2) is 16.8 Å². The van der Waals surface area contributed by atoms with Crippen LogP contribution in [0.3, 0.4) is 0 Å². The quantitative estimate of drug-likeness (QED) is 0.369. The zero-order valence-corrected chi connectivity index (χ0v) is 23.8. The zero-order chi connectivity index (χ0) is 27.5. The van der Waals surface area contributed by atoms with Gasteiger partial charge in [0.1, 0.15) is 0 Å². The summed E-state index contributed by atoms with van der Waals surface area (Å²) in [5, 5.41) is 0.426. The molecule has 0 aromatic heterocycles. The van der Waals surface area contributed by atoms with E-state index < -0.39 is 20.0 Å². The normalized spacial score (nSPS) is 14.2. The Bertz CT molecular complexity index is 1560. The average molecular weight is 596 g/mol. The third kappa shape index (κ3) is 6.44. The van der Waals surface area contributed by atoms with Crippen LogP contribution in [-0.2, 0) is 24.8 Å². The first kappa shape index (κ1) is 28.2. The molecule has 3 aromatic rings. The Balaban J connectivity index is 1.53. The number of halogens is 1. The number of carbonyl (C=O) groups excluding carboxylic acids is 1. The Labute approximate surface area is 231 Å². The van der Waals surface area contributed by atoms with Gasteiger partial charge in [0, 0.05) is 28.7 Å². The molecular weight excluding hydrogens is 570 g/mol. The Hall–Kier alpha value is -2.77. The number of thioether (sulfide) groups is 1. The molecule has 3 aromatic carbocycles. The van der Waals surface area contributed by atoms with E-state index in [1.807, 2.05) is 6.26 Å². The van der Waals surface area contributed by atoms with E-state index in [0.717, 1.165) is 5.56 Å². The van der Waals surface area contributed by atoms with Crippen LogP contribution in [0.1, 0.15) is 15.9 Å². The van der Waals surface area contributed by atoms with Crippen molar-refractivity contribution in [2.75, 3.05) is 42.0 Å². The largest absolute Gasteiger partial charge is 0.378 e. The second-order valence-electron chi connectivity index (χ2n) is 8.47. The molecule has 0 radical (unpaired) electrons. The van der Waals surface area contributed by atoms with Crippen LogP contribution in [0.15, 0.2) is 75.4 Å². The van der Waals surface area contributed by atoms with Gasteiger partial charge in [0.15, 0.2) is 0 Å². The van der Waals surface area contributed by atoms with Gasteiger partial charge in [-0.15, -0.1) is 11.8 Å². The van der Waals surface area contributed by atoms with Gasteiger partial charge in [-0.1, -0.05) is 17.7 Å². The monoisotopic (exact) mass is 595 g/mol. The van der Waals surface area contributed by atoms with E-state index in [2.05, 4.69) is 9.44 Å². The summed E-state index contributed by atoms with van der Waals surface area (Å²) in [6, 6.07) is 14.5. The molecule has 202 valence electrons. The fourth-order valence-electron chi connectivity index (χ4n) is 3.74. The average Bonchev–Trinajstić information content (AvgIpc) is 2.90. The number of nitrogens with one attached hydrogen (secondary N) is 2. The summed E-state index contributed by atoms with van der Waals surface area (Å²) in [6.45, 7) is 3.53. The predicted molar refractivity (Wildman–Crippen MR) is 149 cm³/mol. The van der Waals surface area contributed by atoms with E-state index in [1.165, 1.54) is 54.2 Å². The summed E-state index contributed by atoms with van der Waals surface area (Å²) in [5.74, 6) is -0.258. The summed E-state index contributed by atoms with van der Waals surface area (Å²) in [5.41, 5.74) is 1.58. The number of benzene rings is 3. The van der Waals surface area contributed by atoms with Crippen molar-refractivity contribution in [3.05, 3.63) is 76.8 Å². The number of anilines is 2. The number of nitrogens with zero attached hydrogens (tertiary/aromatic N) is 1.